The predicted molar refractivity (Wildman–Crippen MR) is 131 cm³/mol. The molecule has 0 spiro atoms. The van der Waals surface area contributed by atoms with Crippen LogP contribution in [-0.4, -0.2) is 13.7 Å². The molecule has 0 saturated heterocycles. The van der Waals surface area contributed by atoms with E-state index in [0.29, 0.717) is 40.1 Å². The highest BCUT2D eigenvalue weighted by atomic mass is 79.9. The second kappa shape index (κ2) is 8.63. The molecule has 0 unspecified atom stereocenters. The molecular formula is C24H23BrN4O3. The molecule has 2 heterocycles. The average Bonchev–Trinajstić information content (AvgIpc) is 2.80. The van der Waals surface area contributed by atoms with Crippen LogP contribution in [0.2, 0.25) is 0 Å². The van der Waals surface area contributed by atoms with E-state index in [1.807, 2.05) is 49.4 Å². The summed E-state index contributed by atoms with van der Waals surface area (Å²) in [6.45, 7) is 3.84. The largest absolute Gasteiger partial charge is 0.341 e. The SMILES string of the molecule is CCCn1c(=O)c2c(Nc3ccc(Br)cc3)n(C)c(=O)c(C)c2n(-c2ccccc2)c1=O. The maximum absolute atomic E-state index is 13.6. The van der Waals surface area contributed by atoms with Crippen molar-refractivity contribution in [1.82, 2.24) is 13.7 Å². The van der Waals surface area contributed by atoms with Crippen LogP contribution in [0.4, 0.5) is 11.5 Å². The molecule has 7 nitrogen and oxygen atoms in total. The first-order chi connectivity index (χ1) is 15.3. The van der Waals surface area contributed by atoms with E-state index >= 15 is 0 Å². The molecular weight excluding hydrogens is 472 g/mol. The molecule has 0 aliphatic rings. The number of benzene rings is 2. The van der Waals surface area contributed by atoms with E-state index in [0.717, 1.165) is 4.47 Å². The summed E-state index contributed by atoms with van der Waals surface area (Å²) in [5.41, 5.74) is 0.810. The third-order valence-electron chi connectivity index (χ3n) is 5.46. The fourth-order valence-corrected chi connectivity index (χ4v) is 4.16. The summed E-state index contributed by atoms with van der Waals surface area (Å²) in [5, 5.41) is 3.53. The lowest BCUT2D eigenvalue weighted by atomic mass is 10.1. The molecule has 0 bridgehead atoms. The van der Waals surface area contributed by atoms with Gasteiger partial charge in [0.25, 0.3) is 11.1 Å². The number of nitrogens with one attached hydrogen (secondary N) is 1. The van der Waals surface area contributed by atoms with Gasteiger partial charge in [-0.3, -0.25) is 23.3 Å². The second-order valence-electron chi connectivity index (χ2n) is 7.60. The lowest BCUT2D eigenvalue weighted by Crippen LogP contribution is -2.41. The number of anilines is 2. The fourth-order valence-electron chi connectivity index (χ4n) is 3.90. The van der Waals surface area contributed by atoms with Crippen LogP contribution in [0.3, 0.4) is 0 Å². The van der Waals surface area contributed by atoms with Crippen LogP contribution in [0.15, 0.2) is 73.5 Å². The molecule has 1 N–H and O–H groups in total. The van der Waals surface area contributed by atoms with E-state index in [-0.39, 0.29) is 12.1 Å². The van der Waals surface area contributed by atoms with Gasteiger partial charge in [0.2, 0.25) is 0 Å². The maximum Gasteiger partial charge on any atom is 0.336 e. The van der Waals surface area contributed by atoms with Crippen LogP contribution in [0, 0.1) is 6.92 Å². The van der Waals surface area contributed by atoms with E-state index in [1.54, 1.807) is 26.1 Å². The van der Waals surface area contributed by atoms with Crippen molar-refractivity contribution in [3.63, 3.8) is 0 Å². The van der Waals surface area contributed by atoms with Crippen molar-refractivity contribution in [2.45, 2.75) is 26.8 Å². The number of halogens is 1. The van der Waals surface area contributed by atoms with E-state index in [1.165, 1.54) is 13.7 Å². The van der Waals surface area contributed by atoms with Crippen molar-refractivity contribution in [2.24, 2.45) is 7.05 Å². The van der Waals surface area contributed by atoms with Crippen LogP contribution in [0.1, 0.15) is 18.9 Å². The zero-order valence-corrected chi connectivity index (χ0v) is 19.6. The molecule has 0 fully saturated rings. The summed E-state index contributed by atoms with van der Waals surface area (Å²) < 4.78 is 5.05. The van der Waals surface area contributed by atoms with E-state index < -0.39 is 11.2 Å². The molecule has 164 valence electrons. The number of fused-ring (bicyclic) bond motifs is 1. The minimum Gasteiger partial charge on any atom is -0.341 e. The predicted octanol–water partition coefficient (Wildman–Crippen LogP) is 4.08. The summed E-state index contributed by atoms with van der Waals surface area (Å²) in [4.78, 5) is 40.2. The monoisotopic (exact) mass is 494 g/mol. The number of aromatic nitrogens is 3. The Morgan fingerprint density at radius 2 is 1.59 bits per heavy atom. The van der Waals surface area contributed by atoms with Crippen LogP contribution in [-0.2, 0) is 13.6 Å². The molecule has 0 aliphatic carbocycles. The molecule has 2 aromatic carbocycles. The smallest absolute Gasteiger partial charge is 0.336 e. The third-order valence-corrected chi connectivity index (χ3v) is 5.99. The second-order valence-corrected chi connectivity index (χ2v) is 8.52. The van der Waals surface area contributed by atoms with Gasteiger partial charge in [-0.15, -0.1) is 0 Å². The van der Waals surface area contributed by atoms with Crippen LogP contribution < -0.4 is 22.1 Å². The first-order valence-electron chi connectivity index (χ1n) is 10.3. The van der Waals surface area contributed by atoms with Crippen molar-refractivity contribution in [3.8, 4) is 5.69 Å². The summed E-state index contributed by atoms with van der Waals surface area (Å²) in [5.74, 6) is 0.345. The van der Waals surface area contributed by atoms with Crippen molar-refractivity contribution < 1.29 is 0 Å². The highest BCUT2D eigenvalue weighted by Crippen LogP contribution is 2.26. The number of hydrogen-bond donors (Lipinski definition) is 1. The molecule has 0 saturated carbocycles. The van der Waals surface area contributed by atoms with Gasteiger partial charge in [-0.25, -0.2) is 4.79 Å². The number of nitrogens with zero attached hydrogens (tertiary/aromatic N) is 3. The van der Waals surface area contributed by atoms with Gasteiger partial charge in [0.15, 0.2) is 0 Å². The van der Waals surface area contributed by atoms with Crippen LogP contribution in [0.5, 0.6) is 0 Å². The van der Waals surface area contributed by atoms with Crippen LogP contribution in [0.25, 0.3) is 16.6 Å². The van der Waals surface area contributed by atoms with Gasteiger partial charge in [0, 0.05) is 29.3 Å². The van der Waals surface area contributed by atoms with Gasteiger partial charge in [-0.2, -0.15) is 0 Å². The summed E-state index contributed by atoms with van der Waals surface area (Å²) in [6.07, 6.45) is 0.621. The molecule has 32 heavy (non-hydrogen) atoms. The molecule has 0 amide bonds. The molecule has 0 atom stereocenters. The zero-order chi connectivity index (χ0) is 23.0. The van der Waals surface area contributed by atoms with Gasteiger partial charge >= 0.3 is 5.69 Å². The number of hydrogen-bond acceptors (Lipinski definition) is 4. The lowest BCUT2D eigenvalue weighted by Gasteiger charge is -2.20. The third kappa shape index (κ3) is 3.60. The Labute approximate surface area is 192 Å². The quantitative estimate of drug-likeness (QED) is 0.453. The Morgan fingerprint density at radius 1 is 0.938 bits per heavy atom. The number of para-hydroxylation sites is 1. The Bertz CT molecular complexity index is 1480. The van der Waals surface area contributed by atoms with Crippen molar-refractivity contribution in [3.05, 3.63) is 95.8 Å². The standard InChI is InChI=1S/C24H23BrN4O3/c1-4-14-28-23(31)19-20(29(24(28)32)18-8-6-5-7-9-18)15(2)22(30)27(3)21(19)26-17-12-10-16(25)11-13-17/h5-13,26H,4,14H2,1-3H3. The summed E-state index contributed by atoms with van der Waals surface area (Å²) in [7, 11) is 1.62. The fraction of sp³-hybridized carbons (Fsp3) is 0.208. The van der Waals surface area contributed by atoms with Crippen molar-refractivity contribution in [1.29, 1.82) is 0 Å². The first-order valence-corrected chi connectivity index (χ1v) is 11.1. The highest BCUT2D eigenvalue weighted by molar-refractivity contribution is 9.10. The highest BCUT2D eigenvalue weighted by Gasteiger charge is 2.22. The minimum absolute atomic E-state index is 0.278. The van der Waals surface area contributed by atoms with Gasteiger partial charge < -0.3 is 5.32 Å². The zero-order valence-electron chi connectivity index (χ0n) is 18.1. The Balaban J connectivity index is 2.19. The Hall–Kier alpha value is -3.39. The molecule has 0 radical (unpaired) electrons. The van der Waals surface area contributed by atoms with E-state index in [4.69, 9.17) is 0 Å². The van der Waals surface area contributed by atoms with Crippen LogP contribution >= 0.6 is 15.9 Å². The molecule has 8 heteroatoms. The first kappa shape index (κ1) is 21.8. The Kier molecular flexibility index (Phi) is 5.88. The van der Waals surface area contributed by atoms with Gasteiger partial charge in [-0.05, 0) is 49.7 Å². The van der Waals surface area contributed by atoms with E-state index in [2.05, 4.69) is 21.2 Å². The molecule has 4 aromatic rings. The maximum atomic E-state index is 13.6. The summed E-state index contributed by atoms with van der Waals surface area (Å²) in [6, 6.07) is 16.5. The summed E-state index contributed by atoms with van der Waals surface area (Å²) >= 11 is 3.41. The number of aryl methyl sites for hydroxylation is 1. The van der Waals surface area contributed by atoms with Gasteiger partial charge in [0.05, 0.1) is 11.2 Å². The van der Waals surface area contributed by atoms with Gasteiger partial charge in [0.1, 0.15) is 11.2 Å². The molecule has 2 aromatic heterocycles. The number of rotatable bonds is 5. The molecule has 4 rings (SSSR count). The molecule has 0 aliphatic heterocycles. The average molecular weight is 495 g/mol. The van der Waals surface area contributed by atoms with Gasteiger partial charge in [-0.1, -0.05) is 41.1 Å². The minimum atomic E-state index is -0.457. The lowest BCUT2D eigenvalue weighted by molar-refractivity contribution is 0.607. The number of pyridine rings is 1. The topological polar surface area (TPSA) is 78.0 Å². The van der Waals surface area contributed by atoms with E-state index in [9.17, 15) is 14.4 Å². The Morgan fingerprint density at radius 3 is 2.22 bits per heavy atom. The van der Waals surface area contributed by atoms with Crippen molar-refractivity contribution in [2.75, 3.05) is 5.32 Å². The van der Waals surface area contributed by atoms with Crippen molar-refractivity contribution >= 4 is 38.3 Å². The normalized spacial score (nSPS) is 11.1.